The van der Waals surface area contributed by atoms with Gasteiger partial charge in [0.15, 0.2) is 0 Å². The van der Waals surface area contributed by atoms with Crippen molar-refractivity contribution < 1.29 is 0 Å². The molecule has 0 bridgehead atoms. The highest BCUT2D eigenvalue weighted by molar-refractivity contribution is 7.07. The highest BCUT2D eigenvalue weighted by Crippen LogP contribution is 2.20. The van der Waals surface area contributed by atoms with Crippen LogP contribution in [-0.4, -0.2) is 30.0 Å². The maximum absolute atomic E-state index is 5.80. The molecular formula is C11H21N3S. The third kappa shape index (κ3) is 3.89. The molecule has 0 aromatic carbocycles. The van der Waals surface area contributed by atoms with Crippen LogP contribution in [0.3, 0.4) is 0 Å². The first kappa shape index (κ1) is 12.6. The van der Waals surface area contributed by atoms with Gasteiger partial charge in [0.05, 0.1) is 11.2 Å². The maximum Gasteiger partial charge on any atom is 0.0795 e. The normalized spacial score (nSPS) is 15.5. The molecule has 0 spiro atoms. The first-order valence-electron chi connectivity index (χ1n) is 5.35. The van der Waals surface area contributed by atoms with Crippen LogP contribution in [0.5, 0.6) is 0 Å². The summed E-state index contributed by atoms with van der Waals surface area (Å²) in [6, 6.07) is 0. The van der Waals surface area contributed by atoms with E-state index in [4.69, 9.17) is 5.73 Å². The van der Waals surface area contributed by atoms with Crippen molar-refractivity contribution in [2.24, 2.45) is 11.1 Å². The van der Waals surface area contributed by atoms with Crippen molar-refractivity contribution in [2.75, 3.05) is 20.1 Å². The third-order valence-electron chi connectivity index (χ3n) is 2.91. The van der Waals surface area contributed by atoms with Gasteiger partial charge in [0, 0.05) is 18.5 Å². The number of hydrogen-bond donors (Lipinski definition) is 1. The largest absolute Gasteiger partial charge is 0.330 e. The fraction of sp³-hybridized carbons (Fsp3) is 0.727. The summed E-state index contributed by atoms with van der Waals surface area (Å²) in [5.74, 6) is 0. The van der Waals surface area contributed by atoms with E-state index in [9.17, 15) is 0 Å². The van der Waals surface area contributed by atoms with Gasteiger partial charge in [-0.1, -0.05) is 13.8 Å². The first-order valence-corrected chi connectivity index (χ1v) is 6.29. The van der Waals surface area contributed by atoms with E-state index in [1.807, 2.05) is 5.51 Å². The molecular weight excluding hydrogens is 206 g/mol. The van der Waals surface area contributed by atoms with Gasteiger partial charge in [0.1, 0.15) is 0 Å². The Balaban J connectivity index is 2.44. The molecule has 1 atom stereocenters. The van der Waals surface area contributed by atoms with Crippen molar-refractivity contribution in [1.29, 1.82) is 0 Å². The Hall–Kier alpha value is -0.450. The van der Waals surface area contributed by atoms with Crippen molar-refractivity contribution >= 4 is 11.3 Å². The number of nitrogens with two attached hydrogens (primary N) is 1. The highest BCUT2D eigenvalue weighted by atomic mass is 32.1. The molecule has 86 valence electrons. The molecule has 1 unspecified atom stereocenters. The molecule has 2 N–H and O–H groups in total. The van der Waals surface area contributed by atoms with Crippen LogP contribution in [0, 0.1) is 5.41 Å². The Bertz CT molecular complexity index is 267. The van der Waals surface area contributed by atoms with Crippen LogP contribution < -0.4 is 5.73 Å². The molecule has 15 heavy (non-hydrogen) atoms. The molecule has 0 aliphatic rings. The summed E-state index contributed by atoms with van der Waals surface area (Å²) in [5, 5.41) is 2.10. The molecule has 1 aromatic rings. The van der Waals surface area contributed by atoms with Crippen LogP contribution in [0.2, 0.25) is 0 Å². The van der Waals surface area contributed by atoms with E-state index < -0.39 is 0 Å². The molecule has 1 aromatic heterocycles. The smallest absolute Gasteiger partial charge is 0.0795 e. The summed E-state index contributed by atoms with van der Waals surface area (Å²) in [5.41, 5.74) is 9.06. The number of aromatic nitrogens is 1. The molecule has 3 nitrogen and oxygen atoms in total. The average Bonchev–Trinajstić information content (AvgIpc) is 2.70. The van der Waals surface area contributed by atoms with Gasteiger partial charge in [0.2, 0.25) is 0 Å². The molecule has 0 aliphatic carbocycles. The van der Waals surface area contributed by atoms with Gasteiger partial charge in [-0.15, -0.1) is 11.3 Å². The molecule has 0 radical (unpaired) electrons. The molecule has 1 rings (SSSR count). The van der Waals surface area contributed by atoms with Crippen LogP contribution in [-0.2, 0) is 6.54 Å². The lowest BCUT2D eigenvalue weighted by molar-refractivity contribution is 0.185. The maximum atomic E-state index is 5.80. The Morgan fingerprint density at radius 3 is 2.80 bits per heavy atom. The first-order chi connectivity index (χ1) is 7.09. The SMILES string of the molecule is CCC(C)(CN)CN(C)Cc1cscn1. The number of hydrogen-bond acceptors (Lipinski definition) is 4. The van der Waals surface area contributed by atoms with Crippen LogP contribution in [0.15, 0.2) is 10.9 Å². The van der Waals surface area contributed by atoms with Crippen molar-refractivity contribution in [1.82, 2.24) is 9.88 Å². The predicted molar refractivity (Wildman–Crippen MR) is 65.9 cm³/mol. The molecule has 1 heterocycles. The van der Waals surface area contributed by atoms with Gasteiger partial charge < -0.3 is 5.73 Å². The minimum atomic E-state index is 0.227. The van der Waals surface area contributed by atoms with E-state index in [1.54, 1.807) is 11.3 Å². The van der Waals surface area contributed by atoms with E-state index in [1.165, 1.54) is 0 Å². The van der Waals surface area contributed by atoms with Crippen molar-refractivity contribution in [3.8, 4) is 0 Å². The lowest BCUT2D eigenvalue weighted by Crippen LogP contribution is -2.38. The van der Waals surface area contributed by atoms with Crippen molar-refractivity contribution in [2.45, 2.75) is 26.8 Å². The highest BCUT2D eigenvalue weighted by Gasteiger charge is 2.22. The second-order valence-electron chi connectivity index (χ2n) is 4.52. The number of rotatable bonds is 6. The number of thiazole rings is 1. The van der Waals surface area contributed by atoms with Crippen molar-refractivity contribution in [3.63, 3.8) is 0 Å². The quantitative estimate of drug-likeness (QED) is 0.807. The molecule has 0 saturated heterocycles. The van der Waals surface area contributed by atoms with E-state index >= 15 is 0 Å². The van der Waals surface area contributed by atoms with E-state index in [-0.39, 0.29) is 5.41 Å². The van der Waals surface area contributed by atoms with Crippen molar-refractivity contribution in [3.05, 3.63) is 16.6 Å². The van der Waals surface area contributed by atoms with Gasteiger partial charge in [-0.2, -0.15) is 0 Å². The van der Waals surface area contributed by atoms with Gasteiger partial charge in [-0.25, -0.2) is 4.98 Å². The summed E-state index contributed by atoms with van der Waals surface area (Å²) < 4.78 is 0. The molecule has 0 saturated carbocycles. The minimum Gasteiger partial charge on any atom is -0.330 e. The third-order valence-corrected chi connectivity index (χ3v) is 3.55. The monoisotopic (exact) mass is 227 g/mol. The zero-order valence-electron chi connectivity index (χ0n) is 9.86. The van der Waals surface area contributed by atoms with E-state index in [0.29, 0.717) is 0 Å². The summed E-state index contributed by atoms with van der Waals surface area (Å²) in [6.07, 6.45) is 1.12. The molecule has 0 amide bonds. The van der Waals surface area contributed by atoms with Gasteiger partial charge in [-0.05, 0) is 25.4 Å². The Morgan fingerprint density at radius 1 is 1.60 bits per heavy atom. The summed E-state index contributed by atoms with van der Waals surface area (Å²) >= 11 is 1.65. The lowest BCUT2D eigenvalue weighted by atomic mass is 9.87. The van der Waals surface area contributed by atoms with Gasteiger partial charge >= 0.3 is 0 Å². The fourth-order valence-corrected chi connectivity index (χ4v) is 2.17. The summed E-state index contributed by atoms with van der Waals surface area (Å²) in [7, 11) is 2.13. The lowest BCUT2D eigenvalue weighted by Gasteiger charge is -2.31. The summed E-state index contributed by atoms with van der Waals surface area (Å²) in [6.45, 7) is 7.12. The Morgan fingerprint density at radius 2 is 2.33 bits per heavy atom. The zero-order valence-corrected chi connectivity index (χ0v) is 10.7. The average molecular weight is 227 g/mol. The van der Waals surface area contributed by atoms with Gasteiger partial charge in [-0.3, -0.25) is 4.90 Å². The van der Waals surface area contributed by atoms with Gasteiger partial charge in [0.25, 0.3) is 0 Å². The number of nitrogens with zero attached hydrogens (tertiary/aromatic N) is 2. The minimum absolute atomic E-state index is 0.227. The summed E-state index contributed by atoms with van der Waals surface area (Å²) in [4.78, 5) is 6.58. The molecule has 0 aliphatic heterocycles. The Kier molecular flexibility index (Phi) is 4.70. The Labute approximate surface area is 96.3 Å². The fourth-order valence-electron chi connectivity index (χ4n) is 1.62. The zero-order chi connectivity index (χ0) is 11.3. The van der Waals surface area contributed by atoms with Crippen LogP contribution >= 0.6 is 11.3 Å². The topological polar surface area (TPSA) is 42.1 Å². The van der Waals surface area contributed by atoms with Crippen LogP contribution in [0.25, 0.3) is 0 Å². The second-order valence-corrected chi connectivity index (χ2v) is 5.24. The van der Waals surface area contributed by atoms with Crippen LogP contribution in [0.1, 0.15) is 26.0 Å². The second kappa shape index (κ2) is 5.58. The standard InChI is InChI=1S/C11H21N3S/c1-4-11(2,7-12)8-14(3)5-10-6-15-9-13-10/h6,9H,4-5,7-8,12H2,1-3H3. The predicted octanol–water partition coefficient (Wildman–Crippen LogP) is 1.95. The molecule has 0 fully saturated rings. The molecule has 4 heteroatoms. The van der Waals surface area contributed by atoms with Crippen LogP contribution in [0.4, 0.5) is 0 Å². The van der Waals surface area contributed by atoms with E-state index in [2.05, 4.69) is 36.2 Å². The van der Waals surface area contributed by atoms with E-state index in [0.717, 1.165) is 31.7 Å².